The third-order valence-electron chi connectivity index (χ3n) is 3.38. The van der Waals surface area contributed by atoms with Crippen LogP contribution in [0, 0.1) is 6.92 Å². The first kappa shape index (κ1) is 16.1. The Hall–Kier alpha value is -1.26. The molecular formula is C17H25N3S. The maximum atomic E-state index is 4.49. The van der Waals surface area contributed by atoms with Crippen LogP contribution in [-0.4, -0.2) is 28.1 Å². The third-order valence-corrected chi connectivity index (χ3v) is 4.55. The van der Waals surface area contributed by atoms with Crippen molar-refractivity contribution in [1.29, 1.82) is 0 Å². The van der Waals surface area contributed by atoms with Gasteiger partial charge in [-0.2, -0.15) is 5.10 Å². The zero-order valence-electron chi connectivity index (χ0n) is 13.2. The molecule has 1 aromatic heterocycles. The van der Waals surface area contributed by atoms with E-state index in [4.69, 9.17) is 0 Å². The molecule has 0 radical (unpaired) electrons. The second-order valence-corrected chi connectivity index (χ2v) is 6.55. The molecule has 0 aliphatic heterocycles. The first-order valence-electron chi connectivity index (χ1n) is 7.58. The lowest BCUT2D eigenvalue weighted by molar-refractivity contribution is 0.541. The van der Waals surface area contributed by atoms with Crippen LogP contribution in [0.15, 0.2) is 41.4 Å². The van der Waals surface area contributed by atoms with Crippen LogP contribution >= 0.6 is 11.8 Å². The molecule has 21 heavy (non-hydrogen) atoms. The average Bonchev–Trinajstić information content (AvgIpc) is 2.89. The first-order valence-corrected chi connectivity index (χ1v) is 8.57. The van der Waals surface area contributed by atoms with Gasteiger partial charge < -0.3 is 5.32 Å². The summed E-state index contributed by atoms with van der Waals surface area (Å²) in [6.07, 6.45) is 4.16. The molecule has 0 saturated heterocycles. The first-order chi connectivity index (χ1) is 10.2. The Balaban J connectivity index is 1.90. The Morgan fingerprint density at radius 1 is 1.24 bits per heavy atom. The van der Waals surface area contributed by atoms with E-state index >= 15 is 0 Å². The van der Waals surface area contributed by atoms with Gasteiger partial charge in [0, 0.05) is 36.4 Å². The summed E-state index contributed by atoms with van der Waals surface area (Å²) in [5.74, 6) is 1.07. The summed E-state index contributed by atoms with van der Waals surface area (Å²) in [5, 5.41) is 8.13. The van der Waals surface area contributed by atoms with Crippen LogP contribution in [0.1, 0.15) is 24.6 Å². The van der Waals surface area contributed by atoms with E-state index in [-0.39, 0.29) is 0 Å². The molecule has 1 atom stereocenters. The lowest BCUT2D eigenvalue weighted by Crippen LogP contribution is -2.34. The molecular weight excluding hydrogens is 278 g/mol. The molecule has 1 aromatic carbocycles. The standard InChI is InChI=1S/C17H25N3S/c1-4-10-18-16(12-15-9-11-20(3)19-15)13-21-17-7-5-14(2)6-8-17/h5-9,11,16,18H,4,10,12-13H2,1-3H3. The van der Waals surface area contributed by atoms with E-state index in [1.165, 1.54) is 10.5 Å². The van der Waals surface area contributed by atoms with Crippen molar-refractivity contribution in [2.75, 3.05) is 12.3 Å². The Kier molecular flexibility index (Phi) is 6.33. The molecule has 2 rings (SSSR count). The summed E-state index contributed by atoms with van der Waals surface area (Å²) in [5.41, 5.74) is 2.48. The molecule has 114 valence electrons. The summed E-state index contributed by atoms with van der Waals surface area (Å²) in [4.78, 5) is 1.34. The molecule has 0 aliphatic carbocycles. The predicted octanol–water partition coefficient (Wildman–Crippen LogP) is 3.43. The summed E-state index contributed by atoms with van der Waals surface area (Å²) in [6.45, 7) is 5.39. The third kappa shape index (κ3) is 5.56. The van der Waals surface area contributed by atoms with Crippen molar-refractivity contribution >= 4 is 11.8 Å². The fourth-order valence-corrected chi connectivity index (χ4v) is 3.15. The number of nitrogens with zero attached hydrogens (tertiary/aromatic N) is 2. The molecule has 4 heteroatoms. The van der Waals surface area contributed by atoms with Gasteiger partial charge in [0.05, 0.1) is 5.69 Å². The van der Waals surface area contributed by atoms with E-state index in [1.807, 2.05) is 29.7 Å². The average molecular weight is 303 g/mol. The number of rotatable bonds is 8. The van der Waals surface area contributed by atoms with E-state index in [2.05, 4.69) is 54.6 Å². The van der Waals surface area contributed by atoms with Gasteiger partial charge in [0.1, 0.15) is 0 Å². The van der Waals surface area contributed by atoms with E-state index in [9.17, 15) is 0 Å². The SMILES string of the molecule is CCCNC(CSc1ccc(C)cc1)Cc1ccn(C)n1. The lowest BCUT2D eigenvalue weighted by atomic mass is 10.2. The molecule has 0 fully saturated rings. The summed E-state index contributed by atoms with van der Waals surface area (Å²) in [7, 11) is 1.97. The number of nitrogens with one attached hydrogen (secondary N) is 1. The van der Waals surface area contributed by atoms with Gasteiger partial charge in [0.15, 0.2) is 0 Å². The van der Waals surface area contributed by atoms with Crippen molar-refractivity contribution in [2.45, 2.75) is 37.6 Å². The van der Waals surface area contributed by atoms with Gasteiger partial charge in [0.2, 0.25) is 0 Å². The van der Waals surface area contributed by atoms with E-state index < -0.39 is 0 Å². The smallest absolute Gasteiger partial charge is 0.0640 e. The van der Waals surface area contributed by atoms with Crippen LogP contribution in [0.25, 0.3) is 0 Å². The minimum absolute atomic E-state index is 0.464. The fraction of sp³-hybridized carbons (Fsp3) is 0.471. The summed E-state index contributed by atoms with van der Waals surface area (Å²) < 4.78 is 1.87. The molecule has 0 aliphatic rings. The van der Waals surface area contributed by atoms with Gasteiger partial charge in [-0.25, -0.2) is 0 Å². The van der Waals surface area contributed by atoms with Crippen molar-refractivity contribution in [3.05, 3.63) is 47.8 Å². The number of thioether (sulfide) groups is 1. The van der Waals surface area contributed by atoms with Crippen molar-refractivity contribution in [2.24, 2.45) is 7.05 Å². The maximum Gasteiger partial charge on any atom is 0.0640 e. The Bertz CT molecular complexity index is 533. The summed E-state index contributed by atoms with van der Waals surface area (Å²) >= 11 is 1.92. The normalized spacial score (nSPS) is 12.5. The Morgan fingerprint density at radius 2 is 2.00 bits per heavy atom. The van der Waals surface area contributed by atoms with Gasteiger partial charge >= 0.3 is 0 Å². The molecule has 0 saturated carbocycles. The quantitative estimate of drug-likeness (QED) is 0.758. The van der Waals surface area contributed by atoms with Crippen molar-refractivity contribution < 1.29 is 0 Å². The van der Waals surface area contributed by atoms with Gasteiger partial charge in [-0.15, -0.1) is 11.8 Å². The topological polar surface area (TPSA) is 29.9 Å². The van der Waals surface area contributed by atoms with Gasteiger partial charge in [-0.05, 0) is 38.1 Å². The van der Waals surface area contributed by atoms with E-state index in [0.29, 0.717) is 6.04 Å². The minimum atomic E-state index is 0.464. The van der Waals surface area contributed by atoms with Gasteiger partial charge in [-0.1, -0.05) is 24.6 Å². The Labute approximate surface area is 132 Å². The molecule has 2 aromatic rings. The second kappa shape index (κ2) is 8.25. The number of hydrogen-bond donors (Lipinski definition) is 1. The summed E-state index contributed by atoms with van der Waals surface area (Å²) in [6, 6.07) is 11.3. The highest BCUT2D eigenvalue weighted by molar-refractivity contribution is 7.99. The number of aryl methyl sites for hydroxylation is 2. The number of aromatic nitrogens is 2. The monoisotopic (exact) mass is 303 g/mol. The zero-order valence-corrected chi connectivity index (χ0v) is 14.0. The second-order valence-electron chi connectivity index (χ2n) is 5.46. The molecule has 0 amide bonds. The van der Waals surface area contributed by atoms with Crippen LogP contribution in [0.4, 0.5) is 0 Å². The molecule has 0 spiro atoms. The highest BCUT2D eigenvalue weighted by Crippen LogP contribution is 2.20. The van der Waals surface area contributed by atoms with Crippen molar-refractivity contribution in [3.8, 4) is 0 Å². The largest absolute Gasteiger partial charge is 0.313 e. The van der Waals surface area contributed by atoms with Crippen LogP contribution in [0.5, 0.6) is 0 Å². The zero-order chi connectivity index (χ0) is 15.1. The van der Waals surface area contributed by atoms with E-state index in [1.54, 1.807) is 0 Å². The van der Waals surface area contributed by atoms with Gasteiger partial charge in [0.25, 0.3) is 0 Å². The highest BCUT2D eigenvalue weighted by Gasteiger charge is 2.11. The van der Waals surface area contributed by atoms with Crippen molar-refractivity contribution in [3.63, 3.8) is 0 Å². The number of hydrogen-bond acceptors (Lipinski definition) is 3. The van der Waals surface area contributed by atoms with E-state index in [0.717, 1.165) is 30.8 Å². The van der Waals surface area contributed by atoms with Crippen LogP contribution < -0.4 is 5.32 Å². The minimum Gasteiger partial charge on any atom is -0.313 e. The lowest BCUT2D eigenvalue weighted by Gasteiger charge is -2.17. The van der Waals surface area contributed by atoms with Crippen molar-refractivity contribution in [1.82, 2.24) is 15.1 Å². The molecule has 0 bridgehead atoms. The van der Waals surface area contributed by atoms with Crippen LogP contribution in [-0.2, 0) is 13.5 Å². The van der Waals surface area contributed by atoms with Crippen LogP contribution in [0.3, 0.4) is 0 Å². The fourth-order valence-electron chi connectivity index (χ4n) is 2.19. The maximum absolute atomic E-state index is 4.49. The molecule has 1 unspecified atom stereocenters. The predicted molar refractivity (Wildman–Crippen MR) is 90.9 cm³/mol. The molecule has 1 heterocycles. The van der Waals surface area contributed by atoms with Crippen LogP contribution in [0.2, 0.25) is 0 Å². The molecule has 1 N–H and O–H groups in total. The number of benzene rings is 1. The highest BCUT2D eigenvalue weighted by atomic mass is 32.2. The van der Waals surface area contributed by atoms with Gasteiger partial charge in [-0.3, -0.25) is 4.68 Å². The Morgan fingerprint density at radius 3 is 2.62 bits per heavy atom. The molecule has 3 nitrogen and oxygen atoms in total.